The molecule has 0 N–H and O–H groups in total. The Balaban J connectivity index is 1.31. The molecule has 0 fully saturated rings. The number of thioether (sulfide) groups is 6. The molecule has 12 nitrogen and oxygen atoms in total. The van der Waals surface area contributed by atoms with Crippen molar-refractivity contribution in [3.05, 3.63) is 176 Å². The second-order valence-corrected chi connectivity index (χ2v) is 18.4. The number of nitro benzene ring substituents is 4. The molecule has 4 aromatic rings. The third-order valence-corrected chi connectivity index (χ3v) is 16.2. The summed E-state index contributed by atoms with van der Waals surface area (Å²) in [5, 5.41) is 46.1. The number of benzene rings is 4. The lowest BCUT2D eigenvalue weighted by molar-refractivity contribution is -0.394. The zero-order valence-corrected chi connectivity index (χ0v) is 31.9. The Morgan fingerprint density at radius 1 is 0.481 bits per heavy atom. The summed E-state index contributed by atoms with van der Waals surface area (Å²) in [7, 11) is 0. The van der Waals surface area contributed by atoms with Crippen LogP contribution in [0.4, 0.5) is 22.7 Å². The lowest BCUT2D eigenvalue weighted by Crippen LogP contribution is -1.95. The molecule has 4 aromatic carbocycles. The predicted octanol–water partition coefficient (Wildman–Crippen LogP) is 11.8. The van der Waals surface area contributed by atoms with E-state index in [0.717, 1.165) is 61.1 Å². The van der Waals surface area contributed by atoms with Gasteiger partial charge in [0.05, 0.1) is 48.8 Å². The van der Waals surface area contributed by atoms with Gasteiger partial charge in [-0.15, -0.1) is 23.5 Å². The quantitative estimate of drug-likeness (QED) is 0.0976. The van der Waals surface area contributed by atoms with E-state index < -0.39 is 19.7 Å². The van der Waals surface area contributed by atoms with Crippen LogP contribution in [0.1, 0.15) is 33.4 Å². The van der Waals surface area contributed by atoms with Gasteiger partial charge < -0.3 is 0 Å². The van der Waals surface area contributed by atoms with E-state index in [1.807, 2.05) is 62.4 Å². The molecule has 0 amide bonds. The van der Waals surface area contributed by atoms with E-state index in [-0.39, 0.29) is 34.3 Å². The van der Waals surface area contributed by atoms with Gasteiger partial charge in [0.2, 0.25) is 0 Å². The summed E-state index contributed by atoms with van der Waals surface area (Å²) in [6.45, 7) is 4.00. The highest BCUT2D eigenvalue weighted by Gasteiger charge is 2.32. The van der Waals surface area contributed by atoms with Gasteiger partial charge in [0.25, 0.3) is 22.7 Å². The summed E-state index contributed by atoms with van der Waals surface area (Å²) in [6.07, 6.45) is 0. The summed E-state index contributed by atoms with van der Waals surface area (Å²) in [4.78, 5) is 45.5. The maximum Gasteiger partial charge on any atom is 0.276 e. The number of rotatable bonds is 12. The number of hydrogen-bond acceptors (Lipinski definition) is 14. The smallest absolute Gasteiger partial charge is 0.258 e. The fourth-order valence-electron chi connectivity index (χ4n) is 4.89. The first kappa shape index (κ1) is 37.6. The first-order valence-electron chi connectivity index (χ1n) is 15.0. The lowest BCUT2D eigenvalue weighted by atomic mass is 10.1. The van der Waals surface area contributed by atoms with E-state index in [1.165, 1.54) is 47.8 Å². The van der Waals surface area contributed by atoms with E-state index in [1.54, 1.807) is 47.0 Å². The molecule has 52 heavy (non-hydrogen) atoms. The number of aryl methyl sites for hydroxylation is 2. The Labute approximate surface area is 322 Å². The molecular weight excluding hydrogens is 785 g/mol. The molecule has 0 saturated heterocycles. The molecule has 0 saturated carbocycles. The maximum absolute atomic E-state index is 11.5. The molecule has 0 radical (unpaired) electrons. The molecular formula is C34H24N4O8S6. The number of nitrogens with zero attached hydrogens (tertiary/aromatic N) is 4. The summed E-state index contributed by atoms with van der Waals surface area (Å²) < 4.78 is 3.94. The average molecular weight is 809 g/mol. The highest BCUT2D eigenvalue weighted by atomic mass is 32.2. The second-order valence-electron chi connectivity index (χ2n) is 11.3. The zero-order chi connectivity index (χ0) is 37.1. The summed E-state index contributed by atoms with van der Waals surface area (Å²) >= 11 is 9.28. The van der Waals surface area contributed by atoms with Gasteiger partial charge in [-0.2, -0.15) is 0 Å². The third kappa shape index (κ3) is 8.87. The molecule has 6 rings (SSSR count). The fourth-order valence-corrected chi connectivity index (χ4v) is 13.5. The van der Waals surface area contributed by atoms with Gasteiger partial charge in [-0.1, -0.05) is 107 Å². The normalized spacial score (nSPS) is 15.7. The highest BCUT2D eigenvalue weighted by molar-refractivity contribution is 8.42. The van der Waals surface area contributed by atoms with Gasteiger partial charge in [0, 0.05) is 45.6 Å². The summed E-state index contributed by atoms with van der Waals surface area (Å²) in [5.41, 5.74) is 3.74. The highest BCUT2D eigenvalue weighted by Crippen LogP contribution is 2.66. The van der Waals surface area contributed by atoms with Crippen LogP contribution < -0.4 is 0 Å². The maximum atomic E-state index is 11.5. The summed E-state index contributed by atoms with van der Waals surface area (Å²) in [5.74, 6) is 0.542. The first-order valence-corrected chi connectivity index (χ1v) is 20.3. The lowest BCUT2D eigenvalue weighted by Gasteiger charge is -2.06. The SMILES string of the molecule is Cc1ccc(C2=C(SCc3cc([N+](=O)[O-])cc([N+](=O)[O-])c3)S/C(=C3/SC(SCc4cc([N+](=O)[O-])cc([N+](=O)[O-])c4)=C(c4ccc(C)cc4)S3)S2)cc1. The molecule has 2 aliphatic heterocycles. The van der Waals surface area contributed by atoms with Crippen molar-refractivity contribution in [2.75, 3.05) is 0 Å². The largest absolute Gasteiger partial charge is 0.276 e. The molecule has 0 bridgehead atoms. The second kappa shape index (κ2) is 16.2. The van der Waals surface area contributed by atoms with Gasteiger partial charge in [-0.25, -0.2) is 0 Å². The van der Waals surface area contributed by atoms with Crippen molar-refractivity contribution < 1.29 is 19.7 Å². The zero-order valence-electron chi connectivity index (χ0n) is 27.0. The Morgan fingerprint density at radius 3 is 1.08 bits per heavy atom. The molecule has 2 aliphatic rings. The molecule has 18 heteroatoms. The van der Waals surface area contributed by atoms with Crippen LogP contribution >= 0.6 is 70.6 Å². The number of hydrogen-bond donors (Lipinski definition) is 0. The molecule has 0 atom stereocenters. The van der Waals surface area contributed by atoms with Crippen LogP contribution in [0, 0.1) is 54.3 Å². The minimum absolute atomic E-state index is 0.271. The minimum Gasteiger partial charge on any atom is -0.258 e. The summed E-state index contributed by atoms with van der Waals surface area (Å²) in [6, 6.07) is 23.6. The van der Waals surface area contributed by atoms with Gasteiger partial charge in [-0.05, 0) is 36.1 Å². The van der Waals surface area contributed by atoms with Crippen molar-refractivity contribution in [2.24, 2.45) is 0 Å². The molecule has 264 valence electrons. The van der Waals surface area contributed by atoms with Crippen molar-refractivity contribution in [2.45, 2.75) is 25.4 Å². The Hall–Kier alpha value is -4.20. The van der Waals surface area contributed by atoms with Gasteiger partial charge in [0.1, 0.15) is 0 Å². The van der Waals surface area contributed by atoms with Crippen molar-refractivity contribution in [1.82, 2.24) is 0 Å². The third-order valence-electron chi connectivity index (χ3n) is 7.43. The molecule has 0 unspecified atom stereocenters. The van der Waals surface area contributed by atoms with Crippen molar-refractivity contribution >= 4 is 103 Å². The van der Waals surface area contributed by atoms with Crippen molar-refractivity contribution in [3.8, 4) is 0 Å². The van der Waals surface area contributed by atoms with Crippen LogP contribution in [0.5, 0.6) is 0 Å². The van der Waals surface area contributed by atoms with E-state index in [9.17, 15) is 40.5 Å². The number of non-ortho nitro benzene ring substituents is 4. The Kier molecular flexibility index (Phi) is 11.7. The van der Waals surface area contributed by atoms with Crippen LogP contribution in [-0.2, 0) is 11.5 Å². The fraction of sp³-hybridized carbons (Fsp3) is 0.118. The first-order chi connectivity index (χ1) is 24.8. The van der Waals surface area contributed by atoms with E-state index >= 15 is 0 Å². The average Bonchev–Trinajstić information content (AvgIpc) is 3.75. The minimum atomic E-state index is -0.635. The van der Waals surface area contributed by atoms with Crippen LogP contribution in [0.15, 0.2) is 102 Å². The van der Waals surface area contributed by atoms with Crippen molar-refractivity contribution in [1.29, 1.82) is 0 Å². The standard InChI is InChI=1S/C34H24N4O8S6/c1-19-3-7-23(8-4-19)29-31(47-17-21-11-25(35(39)40)15-26(12-21)36(41)42)51-33(49-29)34-50-30(24-9-5-20(2)6-10-24)32(52-34)48-18-22-13-27(37(43)44)16-28(14-22)38(45)46/h3-16H,17-18H2,1-2H3/b34-33+. The van der Waals surface area contributed by atoms with E-state index in [4.69, 9.17) is 0 Å². The van der Waals surface area contributed by atoms with E-state index in [2.05, 4.69) is 0 Å². The van der Waals surface area contributed by atoms with E-state index in [0.29, 0.717) is 11.1 Å². The number of nitro groups is 4. The topological polar surface area (TPSA) is 173 Å². The van der Waals surface area contributed by atoms with Crippen LogP contribution in [-0.4, -0.2) is 19.7 Å². The molecule has 0 aliphatic carbocycles. The van der Waals surface area contributed by atoms with Crippen molar-refractivity contribution in [3.63, 3.8) is 0 Å². The Bertz CT molecular complexity index is 2020. The van der Waals surface area contributed by atoms with Crippen LogP contribution in [0.3, 0.4) is 0 Å². The Morgan fingerprint density at radius 2 is 0.788 bits per heavy atom. The molecule has 0 spiro atoms. The monoisotopic (exact) mass is 808 g/mol. The predicted molar refractivity (Wildman–Crippen MR) is 216 cm³/mol. The van der Waals surface area contributed by atoms with Gasteiger partial charge in [0.15, 0.2) is 0 Å². The van der Waals surface area contributed by atoms with Crippen LogP contribution in [0.25, 0.3) is 9.81 Å². The molecule has 2 heterocycles. The van der Waals surface area contributed by atoms with Gasteiger partial charge in [-0.3, -0.25) is 40.5 Å². The van der Waals surface area contributed by atoms with Crippen LogP contribution in [0.2, 0.25) is 0 Å². The van der Waals surface area contributed by atoms with Gasteiger partial charge >= 0.3 is 0 Å². The molecule has 0 aromatic heterocycles.